The lowest BCUT2D eigenvalue weighted by Gasteiger charge is -1.98. The first-order valence-electron chi connectivity index (χ1n) is 5.59. The zero-order valence-electron chi connectivity index (χ0n) is 10.8. The number of methoxy groups -OCH3 is 2. The Morgan fingerprint density at radius 1 is 1.10 bits per heavy atom. The molecule has 7 heteroatoms. The molecule has 104 valence electrons. The molecule has 0 saturated carbocycles. The van der Waals surface area contributed by atoms with Gasteiger partial charge in [-0.1, -0.05) is 0 Å². The predicted molar refractivity (Wildman–Crippen MR) is 66.7 cm³/mol. The van der Waals surface area contributed by atoms with Crippen molar-refractivity contribution >= 4 is 11.9 Å². The molecular formula is C13H11FN2O4. The summed E-state index contributed by atoms with van der Waals surface area (Å²) < 4.78 is 22.0. The lowest BCUT2D eigenvalue weighted by atomic mass is 10.2. The maximum absolute atomic E-state index is 12.9. The number of nitrogens with zero attached hydrogens (tertiary/aromatic N) is 1. The molecule has 0 radical (unpaired) electrons. The molecule has 0 spiro atoms. The Hall–Kier alpha value is -2.70. The number of imidazole rings is 1. The molecule has 0 aliphatic rings. The standard InChI is InChI=1S/C13H11FN2O4/c1-19-12(17)9-10(13(18)20-2)16-11(15-9)7-3-5-8(14)6-4-7/h3-6H,1-2H3,(H,15,16). The highest BCUT2D eigenvalue weighted by molar-refractivity contribution is 6.01. The van der Waals surface area contributed by atoms with Crippen molar-refractivity contribution in [3.63, 3.8) is 0 Å². The molecule has 6 nitrogen and oxygen atoms in total. The monoisotopic (exact) mass is 278 g/mol. The number of esters is 2. The van der Waals surface area contributed by atoms with Crippen LogP contribution in [0.4, 0.5) is 4.39 Å². The number of H-pyrrole nitrogens is 1. The molecule has 1 N–H and O–H groups in total. The summed E-state index contributed by atoms with van der Waals surface area (Å²) in [5, 5.41) is 0. The Morgan fingerprint density at radius 3 is 2.25 bits per heavy atom. The molecule has 0 atom stereocenters. The minimum atomic E-state index is -0.769. The highest BCUT2D eigenvalue weighted by Gasteiger charge is 2.24. The third-order valence-electron chi connectivity index (χ3n) is 2.59. The summed E-state index contributed by atoms with van der Waals surface area (Å²) in [6.07, 6.45) is 0. The van der Waals surface area contributed by atoms with Gasteiger partial charge in [0.25, 0.3) is 0 Å². The van der Waals surface area contributed by atoms with Crippen LogP contribution in [0, 0.1) is 5.82 Å². The maximum Gasteiger partial charge on any atom is 0.359 e. The fourth-order valence-corrected chi connectivity index (χ4v) is 1.61. The van der Waals surface area contributed by atoms with Crippen molar-refractivity contribution < 1.29 is 23.5 Å². The lowest BCUT2D eigenvalue weighted by molar-refractivity contribution is 0.0548. The first-order valence-corrected chi connectivity index (χ1v) is 5.59. The van der Waals surface area contributed by atoms with Crippen LogP contribution in [0.2, 0.25) is 0 Å². The number of carbonyl (C=O) groups excluding carboxylic acids is 2. The topological polar surface area (TPSA) is 81.3 Å². The highest BCUT2D eigenvalue weighted by atomic mass is 19.1. The number of hydrogen-bond donors (Lipinski definition) is 1. The average molecular weight is 278 g/mol. The van der Waals surface area contributed by atoms with E-state index in [4.69, 9.17) is 0 Å². The van der Waals surface area contributed by atoms with Gasteiger partial charge in [0.2, 0.25) is 0 Å². The molecule has 0 fully saturated rings. The third kappa shape index (κ3) is 2.51. The number of benzene rings is 1. The van der Waals surface area contributed by atoms with Gasteiger partial charge in [-0.3, -0.25) is 0 Å². The van der Waals surface area contributed by atoms with E-state index in [9.17, 15) is 14.0 Å². The van der Waals surface area contributed by atoms with Crippen LogP contribution in [0.5, 0.6) is 0 Å². The summed E-state index contributed by atoms with van der Waals surface area (Å²) in [5.41, 5.74) is 0.226. The first kappa shape index (κ1) is 13.7. The molecule has 20 heavy (non-hydrogen) atoms. The maximum atomic E-state index is 12.9. The fourth-order valence-electron chi connectivity index (χ4n) is 1.61. The summed E-state index contributed by atoms with van der Waals surface area (Å²) in [4.78, 5) is 29.8. The fraction of sp³-hybridized carbons (Fsp3) is 0.154. The van der Waals surface area contributed by atoms with Gasteiger partial charge in [-0.25, -0.2) is 19.0 Å². The number of halogens is 1. The molecule has 2 rings (SSSR count). The van der Waals surface area contributed by atoms with Crippen molar-refractivity contribution in [1.29, 1.82) is 0 Å². The quantitative estimate of drug-likeness (QED) is 0.866. The van der Waals surface area contributed by atoms with Crippen LogP contribution in [0.1, 0.15) is 21.0 Å². The van der Waals surface area contributed by atoms with E-state index in [2.05, 4.69) is 19.4 Å². The van der Waals surface area contributed by atoms with Crippen molar-refractivity contribution in [2.24, 2.45) is 0 Å². The van der Waals surface area contributed by atoms with Crippen molar-refractivity contribution in [3.05, 3.63) is 41.5 Å². The van der Waals surface area contributed by atoms with E-state index in [0.29, 0.717) is 5.56 Å². The zero-order chi connectivity index (χ0) is 14.7. The largest absolute Gasteiger partial charge is 0.464 e. The average Bonchev–Trinajstić information content (AvgIpc) is 2.91. The number of nitrogens with one attached hydrogen (secondary N) is 1. The molecule has 0 saturated heterocycles. The van der Waals surface area contributed by atoms with Gasteiger partial charge in [0.1, 0.15) is 11.6 Å². The van der Waals surface area contributed by atoms with E-state index < -0.39 is 17.8 Å². The third-order valence-corrected chi connectivity index (χ3v) is 2.59. The molecule has 1 aromatic carbocycles. The highest BCUT2D eigenvalue weighted by Crippen LogP contribution is 2.19. The van der Waals surface area contributed by atoms with E-state index in [1.165, 1.54) is 38.5 Å². The first-order chi connectivity index (χ1) is 9.56. The second-order valence-electron chi connectivity index (χ2n) is 3.80. The van der Waals surface area contributed by atoms with Crippen LogP contribution >= 0.6 is 0 Å². The normalized spacial score (nSPS) is 10.2. The Balaban J connectivity index is 2.51. The van der Waals surface area contributed by atoms with Crippen LogP contribution in [-0.4, -0.2) is 36.1 Å². The van der Waals surface area contributed by atoms with E-state index in [0.717, 1.165) is 0 Å². The predicted octanol–water partition coefficient (Wildman–Crippen LogP) is 1.79. The molecule has 0 bridgehead atoms. The Kier molecular flexibility index (Phi) is 3.79. The second-order valence-corrected chi connectivity index (χ2v) is 3.80. The van der Waals surface area contributed by atoms with Crippen LogP contribution in [-0.2, 0) is 9.47 Å². The van der Waals surface area contributed by atoms with Gasteiger partial charge in [-0.15, -0.1) is 0 Å². The number of carbonyl (C=O) groups is 2. The molecule has 0 unspecified atom stereocenters. The van der Waals surface area contributed by atoms with Gasteiger partial charge in [0.15, 0.2) is 11.4 Å². The molecule has 0 aliphatic heterocycles. The van der Waals surface area contributed by atoms with Crippen molar-refractivity contribution in [3.8, 4) is 11.4 Å². The minimum absolute atomic E-state index is 0.112. The number of aromatic nitrogens is 2. The van der Waals surface area contributed by atoms with Crippen LogP contribution in [0.25, 0.3) is 11.4 Å². The number of hydrogen-bond acceptors (Lipinski definition) is 5. The summed E-state index contributed by atoms with van der Waals surface area (Å²) in [7, 11) is 2.36. The van der Waals surface area contributed by atoms with Crippen LogP contribution in [0.3, 0.4) is 0 Å². The van der Waals surface area contributed by atoms with Crippen LogP contribution < -0.4 is 0 Å². The Morgan fingerprint density at radius 2 is 1.70 bits per heavy atom. The minimum Gasteiger partial charge on any atom is -0.464 e. The molecule has 0 aliphatic carbocycles. The summed E-state index contributed by atoms with van der Waals surface area (Å²) in [6.45, 7) is 0. The molecule has 0 amide bonds. The van der Waals surface area contributed by atoms with E-state index >= 15 is 0 Å². The van der Waals surface area contributed by atoms with Crippen LogP contribution in [0.15, 0.2) is 24.3 Å². The lowest BCUT2D eigenvalue weighted by Crippen LogP contribution is -2.11. The van der Waals surface area contributed by atoms with Crippen molar-refractivity contribution in [2.75, 3.05) is 14.2 Å². The van der Waals surface area contributed by atoms with E-state index in [1.54, 1.807) is 0 Å². The molecule has 1 aromatic heterocycles. The van der Waals surface area contributed by atoms with Gasteiger partial charge < -0.3 is 14.5 Å². The van der Waals surface area contributed by atoms with Gasteiger partial charge in [-0.2, -0.15) is 0 Å². The zero-order valence-corrected chi connectivity index (χ0v) is 10.8. The van der Waals surface area contributed by atoms with Crippen molar-refractivity contribution in [2.45, 2.75) is 0 Å². The molecule has 1 heterocycles. The van der Waals surface area contributed by atoms with Gasteiger partial charge in [-0.05, 0) is 24.3 Å². The Bertz CT molecular complexity index is 615. The smallest absolute Gasteiger partial charge is 0.359 e. The van der Waals surface area contributed by atoms with Gasteiger partial charge in [0.05, 0.1) is 14.2 Å². The van der Waals surface area contributed by atoms with Gasteiger partial charge >= 0.3 is 11.9 Å². The van der Waals surface area contributed by atoms with Gasteiger partial charge in [0, 0.05) is 5.56 Å². The van der Waals surface area contributed by atoms with Crippen molar-refractivity contribution in [1.82, 2.24) is 9.97 Å². The number of aromatic amines is 1. The summed E-state index contributed by atoms with van der Waals surface area (Å²) in [5.74, 6) is -1.67. The molecular weight excluding hydrogens is 267 g/mol. The summed E-state index contributed by atoms with van der Waals surface area (Å²) >= 11 is 0. The van der Waals surface area contributed by atoms with E-state index in [-0.39, 0.29) is 17.2 Å². The molecule has 2 aromatic rings. The number of ether oxygens (including phenoxy) is 2. The Labute approximate surface area is 113 Å². The SMILES string of the molecule is COC(=O)c1nc(-c2ccc(F)cc2)[nH]c1C(=O)OC. The number of rotatable bonds is 3. The second kappa shape index (κ2) is 5.52. The van der Waals surface area contributed by atoms with E-state index in [1.807, 2.05) is 0 Å². The summed E-state index contributed by atoms with van der Waals surface area (Å²) in [6, 6.07) is 5.42.